The smallest absolute Gasteiger partial charge is 0.407 e. The Kier molecular flexibility index (Phi) is 4.57. The number of carbonyl (C=O) groups excluding carboxylic acids is 1. The monoisotopic (exact) mass is 369 g/mol. The van der Waals surface area contributed by atoms with E-state index in [9.17, 15) is 4.79 Å². The van der Waals surface area contributed by atoms with Crippen LogP contribution < -0.4 is 5.32 Å². The van der Waals surface area contributed by atoms with Crippen LogP contribution in [-0.2, 0) is 16.5 Å². The summed E-state index contributed by atoms with van der Waals surface area (Å²) in [7, 11) is 1.90. The van der Waals surface area contributed by atoms with Crippen LogP contribution >= 0.6 is 0 Å². The van der Waals surface area contributed by atoms with Crippen molar-refractivity contribution >= 4 is 17.1 Å². The molecule has 1 aliphatic rings. The van der Waals surface area contributed by atoms with Gasteiger partial charge < -0.3 is 19.8 Å². The van der Waals surface area contributed by atoms with E-state index in [0.717, 1.165) is 28.0 Å². The summed E-state index contributed by atoms with van der Waals surface area (Å²) in [6.45, 7) is 4.18. The number of aromatic amines is 1. The Bertz CT molecular complexity index is 961. The van der Waals surface area contributed by atoms with Crippen molar-refractivity contribution in [2.45, 2.75) is 38.5 Å². The molecule has 4 rings (SSSR count). The fourth-order valence-electron chi connectivity index (χ4n) is 3.32. The first-order valence-corrected chi connectivity index (χ1v) is 9.05. The van der Waals surface area contributed by atoms with Crippen molar-refractivity contribution < 1.29 is 14.3 Å². The van der Waals surface area contributed by atoms with Crippen LogP contribution in [0.5, 0.6) is 0 Å². The van der Waals surface area contributed by atoms with Crippen LogP contribution in [-0.4, -0.2) is 44.6 Å². The second-order valence-corrected chi connectivity index (χ2v) is 7.11. The number of fused-ring (bicyclic) bond motifs is 1. The number of pyridine rings is 1. The van der Waals surface area contributed by atoms with Gasteiger partial charge in [0.1, 0.15) is 11.8 Å². The highest BCUT2D eigenvalue weighted by Gasteiger charge is 2.30. The maximum Gasteiger partial charge on any atom is 0.407 e. The lowest BCUT2D eigenvalue weighted by atomic mass is 10.1. The van der Waals surface area contributed by atoms with Crippen LogP contribution in [0.15, 0.2) is 30.6 Å². The third-order valence-electron chi connectivity index (χ3n) is 4.60. The van der Waals surface area contributed by atoms with Crippen molar-refractivity contribution in [1.82, 2.24) is 25.1 Å². The fourth-order valence-corrected chi connectivity index (χ4v) is 3.32. The third-order valence-corrected chi connectivity index (χ3v) is 4.60. The largest absolute Gasteiger partial charge is 0.444 e. The zero-order valence-corrected chi connectivity index (χ0v) is 15.6. The number of hydrogen-bond acceptors (Lipinski definition) is 5. The molecule has 3 aromatic heterocycles. The van der Waals surface area contributed by atoms with Crippen LogP contribution in [0.1, 0.15) is 31.9 Å². The zero-order chi connectivity index (χ0) is 19.0. The van der Waals surface area contributed by atoms with E-state index in [0.29, 0.717) is 13.0 Å². The van der Waals surface area contributed by atoms with Crippen LogP contribution in [0.25, 0.3) is 22.4 Å². The molecular weight excluding hydrogens is 346 g/mol. The highest BCUT2D eigenvalue weighted by atomic mass is 16.6. The van der Waals surface area contributed by atoms with E-state index in [2.05, 4.69) is 32.5 Å². The van der Waals surface area contributed by atoms with Gasteiger partial charge in [0.05, 0.1) is 24.1 Å². The minimum atomic E-state index is -0.403. The van der Waals surface area contributed by atoms with Crippen molar-refractivity contribution in [2.75, 3.05) is 6.61 Å². The number of hydrogen-bond donors (Lipinski definition) is 2. The minimum absolute atomic E-state index is 0.0458. The molecule has 8 heteroatoms. The molecule has 2 atom stereocenters. The first-order valence-electron chi connectivity index (χ1n) is 9.05. The summed E-state index contributed by atoms with van der Waals surface area (Å²) in [4.78, 5) is 19.6. The van der Waals surface area contributed by atoms with Crippen molar-refractivity contribution in [3.05, 3.63) is 36.2 Å². The highest BCUT2D eigenvalue weighted by molar-refractivity contribution is 5.82. The molecule has 2 N–H and O–H groups in total. The van der Waals surface area contributed by atoms with Crippen molar-refractivity contribution in [3.8, 4) is 11.4 Å². The fraction of sp³-hybridized carbons (Fsp3) is 0.421. The summed E-state index contributed by atoms with van der Waals surface area (Å²) >= 11 is 0. The Balaban J connectivity index is 1.48. The predicted octanol–water partition coefficient (Wildman–Crippen LogP) is 2.93. The molecule has 4 heterocycles. The van der Waals surface area contributed by atoms with Crippen LogP contribution in [0, 0.1) is 0 Å². The van der Waals surface area contributed by atoms with Crippen LogP contribution in [0.4, 0.5) is 4.79 Å². The Morgan fingerprint density at radius 3 is 3.04 bits per heavy atom. The van der Waals surface area contributed by atoms with Gasteiger partial charge in [-0.1, -0.05) is 0 Å². The van der Waals surface area contributed by atoms with Crippen molar-refractivity contribution in [1.29, 1.82) is 0 Å². The number of rotatable bonds is 4. The van der Waals surface area contributed by atoms with E-state index in [-0.39, 0.29) is 18.2 Å². The maximum atomic E-state index is 11.8. The summed E-state index contributed by atoms with van der Waals surface area (Å²) in [5.74, 6) is 0. The van der Waals surface area contributed by atoms with Gasteiger partial charge in [-0.25, -0.2) is 9.78 Å². The van der Waals surface area contributed by atoms with Crippen molar-refractivity contribution in [3.63, 3.8) is 0 Å². The number of alkyl carbamates (subject to hydrolysis) is 1. The molecular formula is C19H23N5O3. The number of amides is 1. The molecule has 0 bridgehead atoms. The number of carbonyl (C=O) groups is 1. The molecule has 8 nitrogen and oxygen atoms in total. The molecule has 27 heavy (non-hydrogen) atoms. The number of ether oxygens (including phenoxy) is 2. The van der Waals surface area contributed by atoms with Gasteiger partial charge in [-0.3, -0.25) is 4.68 Å². The second-order valence-electron chi connectivity index (χ2n) is 7.11. The first-order chi connectivity index (χ1) is 13.0. The molecule has 0 aromatic carbocycles. The standard InChI is InChI=1S/C19H23N5O3/c1-11(2)22-19(25)27-14-8-17(26-10-14)13-6-12-7-15(23-18(12)20-9-13)16-4-5-21-24(16)3/h4-7,9,11,14,17H,8,10H2,1-3H3,(H,20,23)(H,22,25)/t14-,17+/m0/s1. The lowest BCUT2D eigenvalue weighted by Crippen LogP contribution is -2.33. The molecule has 1 saturated heterocycles. The SMILES string of the molecule is CC(C)NC(=O)O[C@@H]1CO[C@@H](c2cnc3[nH]c(-c4ccnn4C)cc3c2)C1. The van der Waals surface area contributed by atoms with Gasteiger partial charge in [0.15, 0.2) is 0 Å². The summed E-state index contributed by atoms with van der Waals surface area (Å²) < 4.78 is 13.1. The molecule has 1 fully saturated rings. The van der Waals surface area contributed by atoms with Crippen LogP contribution in [0.2, 0.25) is 0 Å². The van der Waals surface area contributed by atoms with Gasteiger partial charge in [-0.05, 0) is 37.6 Å². The average molecular weight is 369 g/mol. The van der Waals surface area contributed by atoms with Gasteiger partial charge in [0.25, 0.3) is 0 Å². The van der Waals surface area contributed by atoms with Crippen molar-refractivity contribution in [2.24, 2.45) is 7.05 Å². The summed E-state index contributed by atoms with van der Waals surface area (Å²) in [5, 5.41) is 7.94. The number of nitrogens with one attached hydrogen (secondary N) is 2. The summed E-state index contributed by atoms with van der Waals surface area (Å²) in [5.41, 5.74) is 3.76. The topological polar surface area (TPSA) is 94.1 Å². The van der Waals surface area contributed by atoms with Gasteiger partial charge >= 0.3 is 6.09 Å². The predicted molar refractivity (Wildman–Crippen MR) is 100 cm³/mol. The molecule has 1 aliphatic heterocycles. The molecule has 0 aliphatic carbocycles. The van der Waals surface area contributed by atoms with E-state index < -0.39 is 6.09 Å². The molecule has 0 saturated carbocycles. The first kappa shape index (κ1) is 17.5. The van der Waals surface area contributed by atoms with Crippen LogP contribution in [0.3, 0.4) is 0 Å². The quantitative estimate of drug-likeness (QED) is 0.737. The van der Waals surface area contributed by atoms with Gasteiger partial charge in [-0.2, -0.15) is 5.10 Å². The molecule has 1 amide bonds. The zero-order valence-electron chi connectivity index (χ0n) is 15.6. The number of H-pyrrole nitrogens is 1. The minimum Gasteiger partial charge on any atom is -0.444 e. The molecule has 142 valence electrons. The highest BCUT2D eigenvalue weighted by Crippen LogP contribution is 2.32. The molecule has 3 aromatic rings. The Morgan fingerprint density at radius 2 is 2.30 bits per heavy atom. The average Bonchev–Trinajstić information content (AvgIpc) is 3.31. The number of nitrogens with zero attached hydrogens (tertiary/aromatic N) is 3. The number of aromatic nitrogens is 4. The molecule has 0 spiro atoms. The van der Waals surface area contributed by atoms with Gasteiger partial charge in [0, 0.05) is 37.3 Å². The third kappa shape index (κ3) is 3.66. The lowest BCUT2D eigenvalue weighted by Gasteiger charge is -2.13. The number of aryl methyl sites for hydroxylation is 1. The Labute approximate surface area is 156 Å². The summed E-state index contributed by atoms with van der Waals surface area (Å²) in [6, 6.07) is 6.13. The Morgan fingerprint density at radius 1 is 1.44 bits per heavy atom. The van der Waals surface area contributed by atoms with Gasteiger partial charge in [0.2, 0.25) is 0 Å². The summed E-state index contributed by atoms with van der Waals surface area (Å²) in [6.07, 6.45) is 3.42. The molecule has 0 unspecified atom stereocenters. The Hall–Kier alpha value is -2.87. The lowest BCUT2D eigenvalue weighted by molar-refractivity contribution is 0.0691. The second kappa shape index (κ2) is 7.03. The van der Waals surface area contributed by atoms with Gasteiger partial charge in [-0.15, -0.1) is 0 Å². The van der Waals surface area contributed by atoms with E-state index in [1.54, 1.807) is 6.20 Å². The normalized spacial score (nSPS) is 19.7. The van der Waals surface area contributed by atoms with E-state index in [4.69, 9.17) is 9.47 Å². The molecule has 0 radical (unpaired) electrons. The maximum absolute atomic E-state index is 11.8. The van der Waals surface area contributed by atoms with E-state index >= 15 is 0 Å². The van der Waals surface area contributed by atoms with E-state index in [1.807, 2.05) is 37.8 Å². The van der Waals surface area contributed by atoms with E-state index in [1.165, 1.54) is 0 Å².